The van der Waals surface area contributed by atoms with Gasteiger partial charge in [-0.2, -0.15) is 0 Å². The van der Waals surface area contributed by atoms with E-state index in [0.717, 1.165) is 18.5 Å². The van der Waals surface area contributed by atoms with Gasteiger partial charge in [0.1, 0.15) is 0 Å². The first kappa shape index (κ1) is 8.04. The average Bonchev–Trinajstić information content (AvgIpc) is 2.34. The largest absolute Gasteiger partial charge is 0.325 e. The molecule has 1 amide bonds. The molecule has 0 unspecified atom stereocenters. The first-order valence-electron chi connectivity index (χ1n) is 5.15. The Morgan fingerprint density at radius 2 is 2.14 bits per heavy atom. The number of carbonyl (C=O) groups is 1. The lowest BCUT2D eigenvalue weighted by Gasteiger charge is -2.36. The topological polar surface area (TPSA) is 29.1 Å². The second kappa shape index (κ2) is 2.38. The number of carbonyl (C=O) groups excluding carboxylic acids is 1. The highest BCUT2D eigenvalue weighted by molar-refractivity contribution is 6.06. The molecule has 0 aromatic heterocycles. The zero-order chi connectivity index (χ0) is 9.76. The molecule has 1 N–H and O–H groups in total. The Morgan fingerprint density at radius 1 is 1.36 bits per heavy atom. The first-order valence-corrected chi connectivity index (χ1v) is 5.15. The van der Waals surface area contributed by atoms with E-state index >= 15 is 0 Å². The Kier molecular flexibility index (Phi) is 1.37. The number of aryl methyl sites for hydroxylation is 1. The van der Waals surface area contributed by atoms with Crippen LogP contribution in [0, 0.1) is 6.92 Å². The van der Waals surface area contributed by atoms with Crippen LogP contribution in [0.3, 0.4) is 0 Å². The van der Waals surface area contributed by atoms with E-state index < -0.39 is 0 Å². The standard InChI is InChI=1S/C12H13NO/c1-8-3-4-9-10(7-8)13-11(14)12(9)5-2-6-12/h3-4,7H,2,5-6H2,1H3,(H,13,14). The predicted molar refractivity (Wildman–Crippen MR) is 55.3 cm³/mol. The number of anilines is 1. The van der Waals surface area contributed by atoms with Crippen molar-refractivity contribution in [2.24, 2.45) is 0 Å². The normalized spacial score (nSPS) is 21.6. The van der Waals surface area contributed by atoms with Crippen molar-refractivity contribution in [3.63, 3.8) is 0 Å². The molecule has 1 fully saturated rings. The van der Waals surface area contributed by atoms with Crippen LogP contribution in [0.25, 0.3) is 0 Å². The lowest BCUT2D eigenvalue weighted by atomic mass is 9.65. The van der Waals surface area contributed by atoms with Crippen LogP contribution in [-0.4, -0.2) is 5.91 Å². The van der Waals surface area contributed by atoms with Crippen molar-refractivity contribution in [3.05, 3.63) is 29.3 Å². The van der Waals surface area contributed by atoms with Gasteiger partial charge in [0.25, 0.3) is 0 Å². The van der Waals surface area contributed by atoms with E-state index in [9.17, 15) is 4.79 Å². The molecule has 0 radical (unpaired) electrons. The summed E-state index contributed by atoms with van der Waals surface area (Å²) >= 11 is 0. The fraction of sp³-hybridized carbons (Fsp3) is 0.417. The van der Waals surface area contributed by atoms with E-state index in [-0.39, 0.29) is 11.3 Å². The smallest absolute Gasteiger partial charge is 0.235 e. The Bertz CT molecular complexity index is 418. The summed E-state index contributed by atoms with van der Waals surface area (Å²) < 4.78 is 0. The van der Waals surface area contributed by atoms with Crippen LogP contribution >= 0.6 is 0 Å². The van der Waals surface area contributed by atoms with Gasteiger partial charge in [-0.15, -0.1) is 0 Å². The molecule has 0 bridgehead atoms. The lowest BCUT2D eigenvalue weighted by molar-refractivity contribution is -0.123. The molecule has 0 atom stereocenters. The van der Waals surface area contributed by atoms with Crippen LogP contribution in [0.1, 0.15) is 30.4 Å². The highest BCUT2D eigenvalue weighted by Crippen LogP contribution is 2.50. The summed E-state index contributed by atoms with van der Waals surface area (Å²) in [6.07, 6.45) is 3.23. The van der Waals surface area contributed by atoms with Gasteiger partial charge in [-0.05, 0) is 37.0 Å². The van der Waals surface area contributed by atoms with Crippen molar-refractivity contribution in [1.82, 2.24) is 0 Å². The maximum absolute atomic E-state index is 11.8. The highest BCUT2D eigenvalue weighted by atomic mass is 16.2. The minimum Gasteiger partial charge on any atom is -0.325 e. The number of rotatable bonds is 0. The minimum absolute atomic E-state index is 0.150. The molecule has 2 nitrogen and oxygen atoms in total. The van der Waals surface area contributed by atoms with Gasteiger partial charge in [-0.3, -0.25) is 4.79 Å². The number of hydrogen-bond acceptors (Lipinski definition) is 1. The van der Waals surface area contributed by atoms with Gasteiger partial charge < -0.3 is 5.32 Å². The van der Waals surface area contributed by atoms with E-state index in [1.165, 1.54) is 17.5 Å². The zero-order valence-electron chi connectivity index (χ0n) is 8.26. The summed E-state index contributed by atoms with van der Waals surface area (Å²) in [5.41, 5.74) is 3.32. The molecular weight excluding hydrogens is 174 g/mol. The third kappa shape index (κ3) is 0.788. The molecule has 1 aromatic carbocycles. The Balaban J connectivity index is 2.18. The molecule has 1 saturated carbocycles. The van der Waals surface area contributed by atoms with Crippen LogP contribution in [0.5, 0.6) is 0 Å². The van der Waals surface area contributed by atoms with Gasteiger partial charge in [0.05, 0.1) is 5.41 Å². The molecule has 1 aliphatic heterocycles. The summed E-state index contributed by atoms with van der Waals surface area (Å²) in [6, 6.07) is 6.28. The van der Waals surface area contributed by atoms with Gasteiger partial charge >= 0.3 is 0 Å². The summed E-state index contributed by atoms with van der Waals surface area (Å²) in [5, 5.41) is 2.99. The summed E-state index contributed by atoms with van der Waals surface area (Å²) in [4.78, 5) is 11.8. The number of amides is 1. The van der Waals surface area contributed by atoms with Crippen molar-refractivity contribution < 1.29 is 4.79 Å². The number of nitrogens with one attached hydrogen (secondary N) is 1. The van der Waals surface area contributed by atoms with Gasteiger partial charge in [0.2, 0.25) is 5.91 Å². The van der Waals surface area contributed by atoms with Crippen LogP contribution in [0.15, 0.2) is 18.2 Å². The van der Waals surface area contributed by atoms with Gasteiger partial charge in [0.15, 0.2) is 0 Å². The van der Waals surface area contributed by atoms with Crippen LogP contribution in [0.2, 0.25) is 0 Å². The number of benzene rings is 1. The third-order valence-corrected chi connectivity index (χ3v) is 3.58. The molecule has 1 heterocycles. The quantitative estimate of drug-likeness (QED) is 0.663. The van der Waals surface area contributed by atoms with Crippen molar-refractivity contribution in [1.29, 1.82) is 0 Å². The molecule has 3 rings (SSSR count). The van der Waals surface area contributed by atoms with Gasteiger partial charge in [0, 0.05) is 5.69 Å². The first-order chi connectivity index (χ1) is 6.72. The van der Waals surface area contributed by atoms with E-state index in [1.54, 1.807) is 0 Å². The molecule has 14 heavy (non-hydrogen) atoms. The van der Waals surface area contributed by atoms with Crippen molar-refractivity contribution in [3.8, 4) is 0 Å². The van der Waals surface area contributed by atoms with Gasteiger partial charge in [-0.25, -0.2) is 0 Å². The maximum atomic E-state index is 11.8. The van der Waals surface area contributed by atoms with Crippen LogP contribution < -0.4 is 5.32 Å². The summed E-state index contributed by atoms with van der Waals surface area (Å²) in [6.45, 7) is 2.05. The molecule has 72 valence electrons. The molecule has 1 aliphatic carbocycles. The Labute approximate surface area is 83.3 Å². The van der Waals surface area contributed by atoms with E-state index in [0.29, 0.717) is 0 Å². The van der Waals surface area contributed by atoms with Crippen LogP contribution in [-0.2, 0) is 10.2 Å². The maximum Gasteiger partial charge on any atom is 0.235 e. The fourth-order valence-corrected chi connectivity index (χ4v) is 2.57. The molecule has 2 heteroatoms. The van der Waals surface area contributed by atoms with Crippen molar-refractivity contribution in [2.45, 2.75) is 31.6 Å². The van der Waals surface area contributed by atoms with Gasteiger partial charge in [-0.1, -0.05) is 18.6 Å². The minimum atomic E-state index is -0.150. The second-order valence-electron chi connectivity index (χ2n) is 4.44. The lowest BCUT2D eigenvalue weighted by Crippen LogP contribution is -2.40. The molecule has 1 spiro atoms. The predicted octanol–water partition coefficient (Wildman–Crippen LogP) is 2.37. The number of hydrogen-bond donors (Lipinski definition) is 1. The third-order valence-electron chi connectivity index (χ3n) is 3.58. The van der Waals surface area contributed by atoms with Crippen molar-refractivity contribution in [2.75, 3.05) is 5.32 Å². The van der Waals surface area contributed by atoms with E-state index in [4.69, 9.17) is 0 Å². The molecule has 0 saturated heterocycles. The number of fused-ring (bicyclic) bond motifs is 2. The fourth-order valence-electron chi connectivity index (χ4n) is 2.57. The highest BCUT2D eigenvalue weighted by Gasteiger charge is 2.50. The monoisotopic (exact) mass is 187 g/mol. The van der Waals surface area contributed by atoms with E-state index in [1.807, 2.05) is 0 Å². The molecule has 2 aliphatic rings. The van der Waals surface area contributed by atoms with Crippen molar-refractivity contribution >= 4 is 11.6 Å². The second-order valence-corrected chi connectivity index (χ2v) is 4.44. The molecule has 1 aromatic rings. The zero-order valence-corrected chi connectivity index (χ0v) is 8.26. The summed E-state index contributed by atoms with van der Waals surface area (Å²) in [7, 11) is 0. The summed E-state index contributed by atoms with van der Waals surface area (Å²) in [5.74, 6) is 0.212. The Morgan fingerprint density at radius 3 is 2.79 bits per heavy atom. The average molecular weight is 187 g/mol. The van der Waals surface area contributed by atoms with E-state index in [2.05, 4.69) is 30.4 Å². The van der Waals surface area contributed by atoms with Crippen LogP contribution in [0.4, 0.5) is 5.69 Å². The Hall–Kier alpha value is -1.31. The SMILES string of the molecule is Cc1ccc2c(c1)NC(=O)C21CCC1. The molecular formula is C12H13NO.